The smallest absolute Gasteiger partial charge is 0.307 e. The largest absolute Gasteiger partial charge is 0.481 e. The molecule has 0 amide bonds. The first-order chi connectivity index (χ1) is 12.1. The Bertz CT molecular complexity index is 742. The summed E-state index contributed by atoms with van der Waals surface area (Å²) in [5.41, 5.74) is 3.93. The van der Waals surface area contributed by atoms with Crippen molar-refractivity contribution in [3.8, 4) is 11.3 Å². The SMILES string of the molecule is O=C(O)[C@H]1CNC[C@@H](CN/N=C/c2ccc(-c3ccc(Cl)cc3)o2)C1. The second-order valence-electron chi connectivity index (χ2n) is 6.12. The van der Waals surface area contributed by atoms with Crippen LogP contribution in [0.4, 0.5) is 0 Å². The third-order valence-corrected chi connectivity index (χ3v) is 4.46. The molecule has 1 aliphatic rings. The van der Waals surface area contributed by atoms with Crippen molar-refractivity contribution in [3.63, 3.8) is 0 Å². The zero-order valence-electron chi connectivity index (χ0n) is 13.6. The van der Waals surface area contributed by atoms with E-state index in [2.05, 4.69) is 15.8 Å². The molecule has 2 aromatic rings. The summed E-state index contributed by atoms with van der Waals surface area (Å²) in [5.74, 6) is 0.567. The normalized spacial score (nSPS) is 20.7. The molecule has 0 saturated carbocycles. The lowest BCUT2D eigenvalue weighted by Crippen LogP contribution is -2.42. The quantitative estimate of drug-likeness (QED) is 0.544. The van der Waals surface area contributed by atoms with E-state index in [9.17, 15) is 4.79 Å². The van der Waals surface area contributed by atoms with Crippen molar-refractivity contribution in [2.75, 3.05) is 19.6 Å². The predicted octanol–water partition coefficient (Wildman–Crippen LogP) is 2.83. The summed E-state index contributed by atoms with van der Waals surface area (Å²) in [4.78, 5) is 11.0. The number of halogens is 1. The molecule has 1 aromatic carbocycles. The van der Waals surface area contributed by atoms with Gasteiger partial charge in [0.05, 0.1) is 12.1 Å². The van der Waals surface area contributed by atoms with Gasteiger partial charge in [0.25, 0.3) is 0 Å². The fraction of sp³-hybridized carbons (Fsp3) is 0.333. The van der Waals surface area contributed by atoms with Crippen LogP contribution < -0.4 is 10.7 Å². The maximum atomic E-state index is 11.0. The maximum Gasteiger partial charge on any atom is 0.307 e. The Morgan fingerprint density at radius 3 is 2.88 bits per heavy atom. The first-order valence-electron chi connectivity index (χ1n) is 8.17. The molecule has 2 atom stereocenters. The summed E-state index contributed by atoms with van der Waals surface area (Å²) in [7, 11) is 0. The lowest BCUT2D eigenvalue weighted by atomic mass is 9.91. The zero-order chi connectivity index (χ0) is 17.6. The third kappa shape index (κ3) is 4.84. The average molecular weight is 362 g/mol. The highest BCUT2D eigenvalue weighted by Gasteiger charge is 2.26. The number of furan rings is 1. The average Bonchev–Trinajstić information content (AvgIpc) is 3.08. The lowest BCUT2D eigenvalue weighted by molar-refractivity contribution is -0.142. The Kier molecular flexibility index (Phi) is 5.73. The van der Waals surface area contributed by atoms with Crippen molar-refractivity contribution < 1.29 is 14.3 Å². The zero-order valence-corrected chi connectivity index (χ0v) is 14.4. The molecule has 7 heteroatoms. The minimum atomic E-state index is -0.744. The molecule has 0 spiro atoms. The summed E-state index contributed by atoms with van der Waals surface area (Å²) in [6.45, 7) is 1.96. The number of piperidine rings is 1. The van der Waals surface area contributed by atoms with Gasteiger partial charge in [0.2, 0.25) is 0 Å². The molecule has 3 N–H and O–H groups in total. The number of hydrazone groups is 1. The highest BCUT2D eigenvalue weighted by Crippen LogP contribution is 2.23. The van der Waals surface area contributed by atoms with E-state index < -0.39 is 5.97 Å². The van der Waals surface area contributed by atoms with Crippen molar-refractivity contribution in [2.45, 2.75) is 6.42 Å². The molecule has 132 valence electrons. The number of hydrogen-bond donors (Lipinski definition) is 3. The molecule has 25 heavy (non-hydrogen) atoms. The molecule has 0 unspecified atom stereocenters. The van der Waals surface area contributed by atoms with Crippen molar-refractivity contribution in [1.82, 2.24) is 10.7 Å². The Balaban J connectivity index is 1.50. The van der Waals surface area contributed by atoms with Crippen LogP contribution in [0.25, 0.3) is 11.3 Å². The second kappa shape index (κ2) is 8.18. The Labute approximate surface area is 150 Å². The van der Waals surface area contributed by atoms with Crippen molar-refractivity contribution in [3.05, 3.63) is 47.2 Å². The molecule has 1 fully saturated rings. The number of hydrogen-bond acceptors (Lipinski definition) is 5. The first-order valence-corrected chi connectivity index (χ1v) is 8.55. The third-order valence-electron chi connectivity index (χ3n) is 4.21. The molecule has 3 rings (SSSR count). The van der Waals surface area contributed by atoms with E-state index >= 15 is 0 Å². The molecule has 0 aliphatic carbocycles. The standard InChI is InChI=1S/C18H20ClN3O3/c19-15-3-1-13(2-4-15)17-6-5-16(25-17)11-22-21-9-12-7-14(18(23)24)10-20-8-12/h1-6,11-12,14,20-21H,7-10H2,(H,23,24)/b22-11+/t12-,14+/m0/s1. The molecule has 0 bridgehead atoms. The van der Waals surface area contributed by atoms with Gasteiger partial charge in [-0.3, -0.25) is 4.79 Å². The number of benzene rings is 1. The summed E-state index contributed by atoms with van der Waals surface area (Å²) >= 11 is 5.88. The monoisotopic (exact) mass is 361 g/mol. The minimum Gasteiger partial charge on any atom is -0.481 e. The van der Waals surface area contributed by atoms with Gasteiger partial charge in [-0.2, -0.15) is 5.10 Å². The number of nitrogens with zero attached hydrogens (tertiary/aromatic N) is 1. The van der Waals surface area contributed by atoms with Crippen LogP contribution in [-0.4, -0.2) is 36.9 Å². The van der Waals surface area contributed by atoms with Crippen LogP contribution in [0.1, 0.15) is 12.2 Å². The molecule has 2 heterocycles. The summed E-state index contributed by atoms with van der Waals surface area (Å²) in [5, 5.41) is 17.1. The van der Waals surface area contributed by atoms with Gasteiger partial charge in [-0.05, 0) is 55.3 Å². The highest BCUT2D eigenvalue weighted by molar-refractivity contribution is 6.30. The van der Waals surface area contributed by atoms with Gasteiger partial charge in [-0.25, -0.2) is 0 Å². The lowest BCUT2D eigenvalue weighted by Gasteiger charge is -2.27. The van der Waals surface area contributed by atoms with Crippen LogP contribution in [0.15, 0.2) is 45.9 Å². The molecule has 1 aliphatic heterocycles. The summed E-state index contributed by atoms with van der Waals surface area (Å²) < 4.78 is 5.73. The van der Waals surface area contributed by atoms with E-state index in [-0.39, 0.29) is 11.8 Å². The van der Waals surface area contributed by atoms with Crippen molar-refractivity contribution in [2.24, 2.45) is 16.9 Å². The van der Waals surface area contributed by atoms with Gasteiger partial charge >= 0.3 is 5.97 Å². The van der Waals surface area contributed by atoms with Gasteiger partial charge in [0.15, 0.2) is 0 Å². The Morgan fingerprint density at radius 2 is 2.12 bits per heavy atom. The van der Waals surface area contributed by atoms with Crippen LogP contribution in [0.3, 0.4) is 0 Å². The van der Waals surface area contributed by atoms with Gasteiger partial charge < -0.3 is 20.3 Å². The minimum absolute atomic E-state index is 0.244. The van der Waals surface area contributed by atoms with Crippen LogP contribution in [0, 0.1) is 11.8 Å². The fourth-order valence-corrected chi connectivity index (χ4v) is 2.98. The van der Waals surface area contributed by atoms with Gasteiger partial charge in [0, 0.05) is 23.7 Å². The van der Waals surface area contributed by atoms with Crippen LogP contribution in [0.5, 0.6) is 0 Å². The summed E-state index contributed by atoms with van der Waals surface area (Å²) in [6, 6.07) is 11.2. The second-order valence-corrected chi connectivity index (χ2v) is 6.56. The van der Waals surface area contributed by atoms with E-state index in [1.165, 1.54) is 0 Å². The Morgan fingerprint density at radius 1 is 1.32 bits per heavy atom. The van der Waals surface area contributed by atoms with E-state index in [4.69, 9.17) is 21.1 Å². The Hall–Kier alpha value is -2.31. The van der Waals surface area contributed by atoms with Crippen LogP contribution >= 0.6 is 11.6 Å². The van der Waals surface area contributed by atoms with E-state index in [1.54, 1.807) is 6.21 Å². The number of aliphatic carboxylic acids is 1. The molecular formula is C18H20ClN3O3. The molecule has 1 aromatic heterocycles. The van der Waals surface area contributed by atoms with Crippen molar-refractivity contribution in [1.29, 1.82) is 0 Å². The predicted molar refractivity (Wildman–Crippen MR) is 96.9 cm³/mol. The number of rotatable bonds is 6. The van der Waals surface area contributed by atoms with Gasteiger partial charge in [0.1, 0.15) is 11.5 Å². The fourth-order valence-electron chi connectivity index (χ4n) is 2.86. The molecule has 1 saturated heterocycles. The number of carboxylic acids is 1. The summed E-state index contributed by atoms with van der Waals surface area (Å²) in [6.07, 6.45) is 2.27. The van der Waals surface area contributed by atoms with Gasteiger partial charge in [-0.1, -0.05) is 11.6 Å². The topological polar surface area (TPSA) is 86.9 Å². The first kappa shape index (κ1) is 17.5. The molecule has 6 nitrogen and oxygen atoms in total. The van der Waals surface area contributed by atoms with Crippen LogP contribution in [-0.2, 0) is 4.79 Å². The number of nitrogens with one attached hydrogen (secondary N) is 2. The van der Waals surface area contributed by atoms with Gasteiger partial charge in [-0.15, -0.1) is 0 Å². The van der Waals surface area contributed by atoms with Crippen LogP contribution in [0.2, 0.25) is 5.02 Å². The number of carbonyl (C=O) groups is 1. The molecular weight excluding hydrogens is 342 g/mol. The number of carboxylic acid groups (broad SMARTS) is 1. The van der Waals surface area contributed by atoms with E-state index in [1.807, 2.05) is 36.4 Å². The maximum absolute atomic E-state index is 11.0. The molecule has 0 radical (unpaired) electrons. The van der Waals surface area contributed by atoms with Crippen molar-refractivity contribution >= 4 is 23.8 Å². The van der Waals surface area contributed by atoms with E-state index in [0.717, 1.165) is 17.9 Å². The van der Waals surface area contributed by atoms with E-state index in [0.29, 0.717) is 30.3 Å². The highest BCUT2D eigenvalue weighted by atomic mass is 35.5.